The fourth-order valence-electron chi connectivity index (χ4n) is 1.44. The monoisotopic (exact) mass is 268 g/mol. The Morgan fingerprint density at radius 3 is 2.63 bits per heavy atom. The molecule has 0 saturated carbocycles. The van der Waals surface area contributed by atoms with Gasteiger partial charge in [0.25, 0.3) is 0 Å². The minimum absolute atomic E-state index is 0.242. The zero-order valence-corrected chi connectivity index (χ0v) is 10.9. The lowest BCUT2D eigenvalue weighted by molar-refractivity contribution is -0.136. The molecule has 0 aliphatic heterocycles. The van der Waals surface area contributed by atoms with Gasteiger partial charge in [-0.1, -0.05) is 13.0 Å². The Hall–Kier alpha value is -1.95. The fraction of sp³-hybridized carbons (Fsp3) is 0.385. The van der Waals surface area contributed by atoms with Crippen molar-refractivity contribution in [3.63, 3.8) is 0 Å². The van der Waals surface area contributed by atoms with Crippen molar-refractivity contribution in [3.05, 3.63) is 29.6 Å². The van der Waals surface area contributed by atoms with E-state index in [9.17, 15) is 14.0 Å². The number of aliphatic hydroxyl groups is 1. The van der Waals surface area contributed by atoms with E-state index in [0.717, 1.165) is 6.07 Å². The number of anilines is 1. The van der Waals surface area contributed by atoms with Crippen molar-refractivity contribution in [3.8, 4) is 0 Å². The standard InChI is InChI=1S/C13H17FN2O3/c1-3-10(7-17)15-12(18)13(19)16-11-6-9(14)5-4-8(11)2/h4-6,10,17H,3,7H2,1-2H3,(H,15,18)(H,16,19). The van der Waals surface area contributed by atoms with Crippen LogP contribution in [0.5, 0.6) is 0 Å². The molecule has 0 aliphatic carbocycles. The molecule has 0 heterocycles. The highest BCUT2D eigenvalue weighted by molar-refractivity contribution is 6.39. The first-order chi connectivity index (χ1) is 8.97. The van der Waals surface area contributed by atoms with Gasteiger partial charge >= 0.3 is 11.8 Å². The van der Waals surface area contributed by atoms with Gasteiger partial charge in [-0.3, -0.25) is 9.59 Å². The van der Waals surface area contributed by atoms with Crippen molar-refractivity contribution in [2.45, 2.75) is 26.3 Å². The Morgan fingerprint density at radius 1 is 1.37 bits per heavy atom. The van der Waals surface area contributed by atoms with Gasteiger partial charge in [-0.15, -0.1) is 0 Å². The molecule has 0 spiro atoms. The third kappa shape index (κ3) is 4.33. The fourth-order valence-corrected chi connectivity index (χ4v) is 1.44. The first-order valence-corrected chi connectivity index (χ1v) is 5.96. The normalized spacial score (nSPS) is 11.8. The number of rotatable bonds is 4. The van der Waals surface area contributed by atoms with Gasteiger partial charge < -0.3 is 15.7 Å². The lowest BCUT2D eigenvalue weighted by Gasteiger charge is -2.14. The Morgan fingerprint density at radius 2 is 2.05 bits per heavy atom. The molecule has 0 bridgehead atoms. The molecular weight excluding hydrogens is 251 g/mol. The summed E-state index contributed by atoms with van der Waals surface area (Å²) in [4.78, 5) is 23.2. The van der Waals surface area contributed by atoms with Gasteiger partial charge in [0.2, 0.25) is 0 Å². The van der Waals surface area contributed by atoms with Gasteiger partial charge in [0.05, 0.1) is 12.6 Å². The minimum atomic E-state index is -0.888. The van der Waals surface area contributed by atoms with E-state index in [2.05, 4.69) is 10.6 Å². The summed E-state index contributed by atoms with van der Waals surface area (Å²) < 4.78 is 13.0. The zero-order valence-electron chi connectivity index (χ0n) is 10.9. The quantitative estimate of drug-likeness (QED) is 0.712. The molecular formula is C13H17FN2O3. The molecule has 0 radical (unpaired) electrons. The maximum Gasteiger partial charge on any atom is 0.313 e. The Balaban J connectivity index is 2.69. The van der Waals surface area contributed by atoms with E-state index in [0.29, 0.717) is 12.0 Å². The lowest BCUT2D eigenvalue weighted by atomic mass is 10.2. The molecule has 0 saturated heterocycles. The molecule has 3 N–H and O–H groups in total. The van der Waals surface area contributed by atoms with Crippen molar-refractivity contribution in [1.82, 2.24) is 5.32 Å². The summed E-state index contributed by atoms with van der Waals surface area (Å²) in [6.07, 6.45) is 0.508. The average Bonchev–Trinajstić information content (AvgIpc) is 2.39. The van der Waals surface area contributed by atoms with Crippen LogP contribution in [0.4, 0.5) is 10.1 Å². The molecule has 1 rings (SSSR count). The van der Waals surface area contributed by atoms with Gasteiger partial charge in [-0.2, -0.15) is 0 Å². The van der Waals surface area contributed by atoms with Gasteiger partial charge in [-0.05, 0) is 31.0 Å². The SMILES string of the molecule is CCC(CO)NC(=O)C(=O)Nc1cc(F)ccc1C. The van der Waals surface area contributed by atoms with E-state index in [1.54, 1.807) is 13.8 Å². The topological polar surface area (TPSA) is 78.4 Å². The maximum absolute atomic E-state index is 13.0. The summed E-state index contributed by atoms with van der Waals surface area (Å²) in [6.45, 7) is 3.22. The number of hydrogen-bond acceptors (Lipinski definition) is 3. The van der Waals surface area contributed by atoms with Crippen molar-refractivity contribution >= 4 is 17.5 Å². The van der Waals surface area contributed by atoms with Crippen LogP contribution in [-0.4, -0.2) is 29.6 Å². The molecule has 5 nitrogen and oxygen atoms in total. The Kier molecular flexibility index (Phi) is 5.44. The highest BCUT2D eigenvalue weighted by Crippen LogP contribution is 2.15. The summed E-state index contributed by atoms with van der Waals surface area (Å²) in [6, 6.07) is 3.45. The zero-order chi connectivity index (χ0) is 14.4. The van der Waals surface area contributed by atoms with E-state index in [-0.39, 0.29) is 12.3 Å². The molecule has 0 aromatic heterocycles. The van der Waals surface area contributed by atoms with Crippen molar-refractivity contribution < 1.29 is 19.1 Å². The average molecular weight is 268 g/mol. The number of benzene rings is 1. The molecule has 0 aliphatic rings. The van der Waals surface area contributed by atoms with Gasteiger partial charge in [0.1, 0.15) is 5.82 Å². The second-order valence-corrected chi connectivity index (χ2v) is 4.17. The van der Waals surface area contributed by atoms with Gasteiger partial charge in [0.15, 0.2) is 0 Å². The van der Waals surface area contributed by atoms with E-state index in [1.165, 1.54) is 12.1 Å². The molecule has 6 heteroatoms. The van der Waals surface area contributed by atoms with Crippen LogP contribution < -0.4 is 10.6 Å². The van der Waals surface area contributed by atoms with Gasteiger partial charge in [0, 0.05) is 5.69 Å². The maximum atomic E-state index is 13.0. The number of aryl methyl sites for hydroxylation is 1. The van der Waals surface area contributed by atoms with Crippen LogP contribution in [0, 0.1) is 12.7 Å². The van der Waals surface area contributed by atoms with Crippen LogP contribution in [-0.2, 0) is 9.59 Å². The molecule has 1 atom stereocenters. The van der Waals surface area contributed by atoms with Crippen molar-refractivity contribution in [2.24, 2.45) is 0 Å². The smallest absolute Gasteiger partial charge is 0.313 e. The first kappa shape index (κ1) is 15.1. The van der Waals surface area contributed by atoms with Crippen LogP contribution in [0.3, 0.4) is 0 Å². The third-order valence-electron chi connectivity index (χ3n) is 2.70. The van der Waals surface area contributed by atoms with Gasteiger partial charge in [-0.25, -0.2) is 4.39 Å². The summed E-state index contributed by atoms with van der Waals surface area (Å²) in [5.74, 6) is -2.24. The van der Waals surface area contributed by atoms with E-state index in [1.807, 2.05) is 0 Å². The van der Waals surface area contributed by atoms with Crippen molar-refractivity contribution in [1.29, 1.82) is 0 Å². The Labute approximate surface area is 110 Å². The second-order valence-electron chi connectivity index (χ2n) is 4.17. The van der Waals surface area contributed by atoms with Crippen LogP contribution in [0.1, 0.15) is 18.9 Å². The number of amides is 2. The van der Waals surface area contributed by atoms with Crippen molar-refractivity contribution in [2.75, 3.05) is 11.9 Å². The summed E-state index contributed by atoms with van der Waals surface area (Å²) >= 11 is 0. The number of hydrogen-bond donors (Lipinski definition) is 3. The summed E-state index contributed by atoms with van der Waals surface area (Å²) in [5, 5.41) is 13.6. The van der Waals surface area contributed by atoms with Crippen LogP contribution in [0.15, 0.2) is 18.2 Å². The second kappa shape index (κ2) is 6.84. The number of halogens is 1. The predicted octanol–water partition coefficient (Wildman–Crippen LogP) is 0.960. The predicted molar refractivity (Wildman–Crippen MR) is 69.1 cm³/mol. The molecule has 19 heavy (non-hydrogen) atoms. The molecule has 104 valence electrons. The van der Waals surface area contributed by atoms with Crippen LogP contribution in [0.25, 0.3) is 0 Å². The van der Waals surface area contributed by atoms with E-state index in [4.69, 9.17) is 5.11 Å². The van der Waals surface area contributed by atoms with E-state index < -0.39 is 23.7 Å². The highest BCUT2D eigenvalue weighted by atomic mass is 19.1. The highest BCUT2D eigenvalue weighted by Gasteiger charge is 2.18. The molecule has 1 aromatic carbocycles. The molecule has 2 amide bonds. The summed E-state index contributed by atoms with van der Waals surface area (Å²) in [5.41, 5.74) is 0.897. The summed E-state index contributed by atoms with van der Waals surface area (Å²) in [7, 11) is 0. The largest absolute Gasteiger partial charge is 0.394 e. The van der Waals surface area contributed by atoms with Crippen LogP contribution >= 0.6 is 0 Å². The third-order valence-corrected chi connectivity index (χ3v) is 2.70. The number of aliphatic hydroxyl groups excluding tert-OH is 1. The molecule has 1 unspecified atom stereocenters. The Bertz CT molecular complexity index is 473. The lowest BCUT2D eigenvalue weighted by Crippen LogP contribution is -2.43. The minimum Gasteiger partial charge on any atom is -0.394 e. The van der Waals surface area contributed by atoms with E-state index >= 15 is 0 Å². The number of carbonyl (C=O) groups is 2. The first-order valence-electron chi connectivity index (χ1n) is 5.96. The number of carbonyl (C=O) groups excluding carboxylic acids is 2. The van der Waals surface area contributed by atoms with Crippen LogP contribution in [0.2, 0.25) is 0 Å². The molecule has 0 fully saturated rings. The molecule has 1 aromatic rings. The number of nitrogens with one attached hydrogen (secondary N) is 2.